The highest BCUT2D eigenvalue weighted by molar-refractivity contribution is 7.47. The lowest BCUT2D eigenvalue weighted by atomic mass is 9.94. The standard InChI is InChI=1S/C21H26N10O11P2/c1-21(31-8-27-12-15(22)24-6-25-16(12)31)5-38-11(14(21)41-43(34)35)4-39-44(36,37)42-10-2-9(3-32)40-19(10)30-7-26-13-17(30)28-20(23)29-18(13)33/h6-11,14,19,32H,2-5H2,1H3,(H6-,22,23,24,25,28,29,33,34,35,36,37)/p+1/t9-,10+,11+,14+,19+,21-/m0/s1. The molecule has 0 aromatic carbocycles. The van der Waals surface area contributed by atoms with Crippen molar-refractivity contribution in [3.63, 3.8) is 0 Å². The Labute approximate surface area is 246 Å². The van der Waals surface area contributed by atoms with Crippen molar-refractivity contribution in [1.82, 2.24) is 39.0 Å². The van der Waals surface area contributed by atoms with Crippen molar-refractivity contribution in [1.29, 1.82) is 0 Å². The number of ether oxygens (including phenoxy) is 2. The molecule has 2 fully saturated rings. The highest BCUT2D eigenvalue weighted by Gasteiger charge is 2.55. The monoisotopic (exact) mass is 657 g/mol. The van der Waals surface area contributed by atoms with E-state index in [9.17, 15) is 28.8 Å². The van der Waals surface area contributed by atoms with Gasteiger partial charge in [0.2, 0.25) is 5.95 Å². The molecule has 0 bridgehead atoms. The third kappa shape index (κ3) is 5.47. The van der Waals surface area contributed by atoms with Crippen LogP contribution in [0, 0.1) is 0 Å². The third-order valence-corrected chi connectivity index (χ3v) is 8.82. The smallest absolute Gasteiger partial charge is 0.394 e. The number of nitrogens with zero attached hydrogens (tertiary/aromatic N) is 7. The number of aliphatic hydroxyl groups excluding tert-OH is 1. The molecule has 8 N–H and O–H groups in total. The average Bonchev–Trinajstić information content (AvgIpc) is 3.73. The van der Waals surface area contributed by atoms with Crippen LogP contribution in [-0.4, -0.2) is 98.2 Å². The van der Waals surface area contributed by atoms with Gasteiger partial charge >= 0.3 is 16.1 Å². The van der Waals surface area contributed by atoms with Crippen LogP contribution < -0.4 is 17.0 Å². The molecule has 6 heterocycles. The number of nitrogens with one attached hydrogen (secondary N) is 1. The zero-order chi connectivity index (χ0) is 31.4. The molecule has 2 saturated heterocycles. The Balaban J connectivity index is 1.21. The highest BCUT2D eigenvalue weighted by atomic mass is 31.2. The normalized spacial score (nSPS) is 29.0. The van der Waals surface area contributed by atoms with Crippen LogP contribution in [0.25, 0.3) is 22.3 Å². The number of aliphatic hydroxyl groups is 1. The van der Waals surface area contributed by atoms with Crippen LogP contribution in [-0.2, 0) is 37.7 Å². The average molecular weight is 657 g/mol. The lowest BCUT2D eigenvalue weighted by Crippen LogP contribution is -2.45. The number of phosphoric ester groups is 1. The van der Waals surface area contributed by atoms with E-state index in [4.69, 9.17) is 34.5 Å². The molecule has 6 rings (SSSR count). The van der Waals surface area contributed by atoms with E-state index < -0.39 is 71.0 Å². The molecular weight excluding hydrogens is 630 g/mol. The van der Waals surface area contributed by atoms with Gasteiger partial charge in [-0.1, -0.05) is 0 Å². The Morgan fingerprint density at radius 2 is 2.00 bits per heavy atom. The first kappa shape index (κ1) is 30.5. The minimum atomic E-state index is -4.89. The first-order valence-corrected chi connectivity index (χ1v) is 15.6. The number of aromatic nitrogens is 8. The number of nitrogen functional groups attached to an aromatic ring is 2. The molecular formula is C21H27N10O11P2+. The molecule has 4 aromatic rings. The molecule has 4 aromatic heterocycles. The van der Waals surface area contributed by atoms with E-state index in [2.05, 4.69) is 29.9 Å². The van der Waals surface area contributed by atoms with Crippen LogP contribution in [0.15, 0.2) is 23.8 Å². The number of hydrogen-bond donors (Lipinski definition) is 6. The molecule has 0 saturated carbocycles. The van der Waals surface area contributed by atoms with Gasteiger partial charge in [0.05, 0.1) is 38.6 Å². The van der Waals surface area contributed by atoms with Crippen LogP contribution >= 0.6 is 16.1 Å². The predicted octanol–water partition coefficient (Wildman–Crippen LogP) is -0.945. The second kappa shape index (κ2) is 11.5. The van der Waals surface area contributed by atoms with Crippen molar-refractivity contribution in [2.45, 2.75) is 49.5 Å². The Hall–Kier alpha value is -3.49. The second-order valence-electron chi connectivity index (χ2n) is 10.3. The van der Waals surface area contributed by atoms with E-state index >= 15 is 0 Å². The molecule has 0 aliphatic carbocycles. The van der Waals surface area contributed by atoms with Gasteiger partial charge in [-0.05, 0) is 6.92 Å². The van der Waals surface area contributed by atoms with Gasteiger partial charge in [0, 0.05) is 11.0 Å². The Kier molecular flexibility index (Phi) is 7.95. The molecule has 236 valence electrons. The van der Waals surface area contributed by atoms with Crippen LogP contribution in [0.1, 0.15) is 19.6 Å². The molecule has 0 spiro atoms. The number of H-pyrrole nitrogens is 1. The largest absolute Gasteiger partial charge is 0.695 e. The molecule has 2 unspecified atom stereocenters. The highest BCUT2D eigenvalue weighted by Crippen LogP contribution is 2.50. The van der Waals surface area contributed by atoms with E-state index in [1.165, 1.54) is 23.5 Å². The van der Waals surface area contributed by atoms with Crippen molar-refractivity contribution in [2.24, 2.45) is 0 Å². The number of rotatable bonds is 10. The third-order valence-electron chi connectivity index (χ3n) is 7.40. The molecule has 2 aliphatic heterocycles. The van der Waals surface area contributed by atoms with E-state index in [0.717, 1.165) is 0 Å². The Bertz CT molecular complexity index is 1830. The molecule has 8 atom stereocenters. The van der Waals surface area contributed by atoms with E-state index in [1.54, 1.807) is 11.5 Å². The minimum Gasteiger partial charge on any atom is -0.394 e. The minimum absolute atomic E-state index is 0.0212. The fourth-order valence-corrected chi connectivity index (χ4v) is 6.85. The molecule has 0 radical (unpaired) electrons. The van der Waals surface area contributed by atoms with E-state index in [1.807, 2.05) is 0 Å². The molecule has 23 heteroatoms. The number of imidazole rings is 2. The first-order valence-electron chi connectivity index (χ1n) is 12.9. The van der Waals surface area contributed by atoms with Crippen molar-refractivity contribution in [3.8, 4) is 0 Å². The summed E-state index contributed by atoms with van der Waals surface area (Å²) in [6.45, 7) is 0.508. The number of anilines is 2. The molecule has 21 nitrogen and oxygen atoms in total. The van der Waals surface area contributed by atoms with E-state index in [-0.39, 0.29) is 41.5 Å². The van der Waals surface area contributed by atoms with E-state index in [0.29, 0.717) is 5.65 Å². The van der Waals surface area contributed by atoms with Gasteiger partial charge in [0.1, 0.15) is 29.6 Å². The van der Waals surface area contributed by atoms with Gasteiger partial charge in [-0.25, -0.2) is 24.5 Å². The predicted molar refractivity (Wildman–Crippen MR) is 147 cm³/mol. The van der Waals surface area contributed by atoms with Crippen molar-refractivity contribution in [2.75, 3.05) is 31.3 Å². The zero-order valence-corrected chi connectivity index (χ0v) is 24.5. The van der Waals surface area contributed by atoms with Gasteiger partial charge in [-0.3, -0.25) is 23.4 Å². The molecule has 44 heavy (non-hydrogen) atoms. The van der Waals surface area contributed by atoms with Gasteiger partial charge < -0.3 is 35.5 Å². The molecule has 0 amide bonds. The number of fused-ring (bicyclic) bond motifs is 2. The summed E-state index contributed by atoms with van der Waals surface area (Å²) < 4.78 is 55.5. The van der Waals surface area contributed by atoms with Crippen molar-refractivity contribution < 1.29 is 47.1 Å². The van der Waals surface area contributed by atoms with Crippen molar-refractivity contribution in [3.05, 3.63) is 29.3 Å². The number of aromatic amines is 1. The first-order chi connectivity index (χ1) is 20.9. The zero-order valence-electron chi connectivity index (χ0n) is 22.7. The second-order valence-corrected chi connectivity index (χ2v) is 12.4. The maximum Gasteiger partial charge on any atom is 0.695 e. The maximum atomic E-state index is 13.2. The number of hydrogen-bond acceptors (Lipinski definition) is 16. The fourth-order valence-electron chi connectivity index (χ4n) is 5.36. The van der Waals surface area contributed by atoms with Gasteiger partial charge in [0.15, 0.2) is 35.0 Å². The summed E-state index contributed by atoms with van der Waals surface area (Å²) in [7, 11) is -8.05. The summed E-state index contributed by atoms with van der Waals surface area (Å²) in [5, 5.41) is 9.70. The Morgan fingerprint density at radius 1 is 1.23 bits per heavy atom. The quantitative estimate of drug-likeness (QED) is 0.112. The van der Waals surface area contributed by atoms with Crippen LogP contribution in [0.5, 0.6) is 0 Å². The summed E-state index contributed by atoms with van der Waals surface area (Å²) in [6, 6.07) is 0. The lowest BCUT2D eigenvalue weighted by Gasteiger charge is -2.29. The van der Waals surface area contributed by atoms with Gasteiger partial charge in [0.25, 0.3) is 5.56 Å². The number of nitrogens with two attached hydrogens (primary N) is 2. The Morgan fingerprint density at radius 3 is 2.75 bits per heavy atom. The van der Waals surface area contributed by atoms with Gasteiger partial charge in [-0.15, -0.1) is 9.42 Å². The number of phosphoric acid groups is 1. The van der Waals surface area contributed by atoms with Crippen molar-refractivity contribution >= 4 is 50.2 Å². The summed E-state index contributed by atoms with van der Waals surface area (Å²) in [6.07, 6.45) is -1.66. The fraction of sp³-hybridized carbons (Fsp3) is 0.524. The van der Waals surface area contributed by atoms with Crippen LogP contribution in [0.4, 0.5) is 11.8 Å². The molecule has 2 aliphatic rings. The summed E-state index contributed by atoms with van der Waals surface area (Å²) in [5.41, 5.74) is 10.3. The van der Waals surface area contributed by atoms with Gasteiger partial charge in [-0.2, -0.15) is 4.98 Å². The SMILES string of the molecule is C[C@]1(n2cnc3c(N)ncnc32)CO[C@H](COP(=O)(O)O[C@@H]2C[C@@H](CO)O[C@H]2n2cnc3c(=O)[nH]c(N)nc32)[C@H]1O[P+](=O)O. The summed E-state index contributed by atoms with van der Waals surface area (Å²) in [5.74, 6) is -0.0771. The lowest BCUT2D eigenvalue weighted by molar-refractivity contribution is -0.0520. The maximum absolute atomic E-state index is 13.2. The topological polar surface area (TPSA) is 300 Å². The summed E-state index contributed by atoms with van der Waals surface area (Å²) >= 11 is 0. The summed E-state index contributed by atoms with van der Waals surface area (Å²) in [4.78, 5) is 55.3. The van der Waals surface area contributed by atoms with Crippen LogP contribution in [0.2, 0.25) is 0 Å². The van der Waals surface area contributed by atoms with Crippen LogP contribution in [0.3, 0.4) is 0 Å².